The highest BCUT2D eigenvalue weighted by Gasteiger charge is 2.17. The van der Waals surface area contributed by atoms with Gasteiger partial charge < -0.3 is 28.1 Å². The lowest BCUT2D eigenvalue weighted by atomic mass is 10.1. The Morgan fingerprint density at radius 3 is 2.42 bits per heavy atom. The van der Waals surface area contributed by atoms with Crippen molar-refractivity contribution in [2.45, 2.75) is 0 Å². The summed E-state index contributed by atoms with van der Waals surface area (Å²) in [4.78, 5) is 0. The van der Waals surface area contributed by atoms with Crippen LogP contribution in [0.25, 0.3) is 35.0 Å². The second kappa shape index (κ2) is 8.58. The molecular weight excluding hydrogens is 428 g/mol. The first kappa shape index (κ1) is 20.4. The molecule has 2 aromatic heterocycles. The number of rotatable bonds is 7. The van der Waals surface area contributed by atoms with Crippen molar-refractivity contribution < 1.29 is 28.1 Å². The first-order valence-corrected chi connectivity index (χ1v) is 9.96. The molecule has 0 atom stereocenters. The normalized spacial score (nSPS) is 12.3. The highest BCUT2D eigenvalue weighted by atomic mass is 16.7. The summed E-state index contributed by atoms with van der Waals surface area (Å²) in [6.45, 7) is 0.234. The lowest BCUT2D eigenvalue weighted by molar-refractivity contribution is 0.174. The minimum absolute atomic E-state index is 0.234. The second-order valence-electron chi connectivity index (χ2n) is 6.97. The molecule has 0 spiro atoms. The van der Waals surface area contributed by atoms with E-state index in [1.54, 1.807) is 33.5 Å². The van der Waals surface area contributed by atoms with E-state index in [4.69, 9.17) is 28.1 Å². The molecule has 1 aliphatic heterocycles. The fraction of sp³-hybridized carbons (Fsp3) is 0.174. The zero-order valence-corrected chi connectivity index (χ0v) is 18.1. The van der Waals surface area contributed by atoms with Crippen LogP contribution in [0.5, 0.6) is 28.7 Å². The topological polar surface area (TPSA) is 114 Å². The number of hydrogen-bond acceptors (Lipinski definition) is 9. The zero-order valence-electron chi connectivity index (χ0n) is 18.1. The van der Waals surface area contributed by atoms with E-state index in [-0.39, 0.29) is 6.79 Å². The maximum Gasteiger partial charge on any atom is 0.266 e. The van der Waals surface area contributed by atoms with E-state index in [0.29, 0.717) is 46.2 Å². The van der Waals surface area contributed by atoms with Crippen LogP contribution in [-0.4, -0.2) is 48.5 Å². The van der Waals surface area contributed by atoms with E-state index in [1.807, 2.05) is 36.4 Å². The predicted molar refractivity (Wildman–Crippen MR) is 118 cm³/mol. The van der Waals surface area contributed by atoms with Crippen LogP contribution < -0.4 is 23.7 Å². The molecule has 0 bridgehead atoms. The van der Waals surface area contributed by atoms with Gasteiger partial charge in [-0.3, -0.25) is 5.10 Å². The van der Waals surface area contributed by atoms with Crippen molar-refractivity contribution >= 4 is 12.2 Å². The molecule has 0 saturated carbocycles. The van der Waals surface area contributed by atoms with Crippen molar-refractivity contribution in [3.05, 3.63) is 47.9 Å². The number of hydrogen-bond donors (Lipinski definition) is 1. The van der Waals surface area contributed by atoms with Crippen molar-refractivity contribution in [1.29, 1.82) is 0 Å². The molecular formula is C23H20N4O6. The number of ether oxygens (including phenoxy) is 5. The van der Waals surface area contributed by atoms with E-state index in [0.717, 1.165) is 16.9 Å². The molecule has 168 valence electrons. The standard InChI is InChI=1S/C23H20N4O6/c1-28-19-9-14(10-20(29-2)22(19)30-3)15-11-16(25-24-15)23-27-26-21(33-23)7-5-13-4-6-17-18(8-13)32-12-31-17/h4-11H,12H2,1-3H3,(H,24,25)/b7-5+. The van der Waals surface area contributed by atoms with Crippen LogP contribution in [0.2, 0.25) is 0 Å². The van der Waals surface area contributed by atoms with Gasteiger partial charge in [0.2, 0.25) is 18.4 Å². The van der Waals surface area contributed by atoms with Crippen LogP contribution in [0.3, 0.4) is 0 Å². The third-order valence-electron chi connectivity index (χ3n) is 5.02. The van der Waals surface area contributed by atoms with Crippen molar-refractivity contribution in [2.24, 2.45) is 0 Å². The molecule has 10 nitrogen and oxygen atoms in total. The number of benzene rings is 2. The number of methoxy groups -OCH3 is 3. The molecule has 0 unspecified atom stereocenters. The highest BCUT2D eigenvalue weighted by Crippen LogP contribution is 2.41. The minimum atomic E-state index is 0.234. The molecule has 1 N–H and O–H groups in total. The molecule has 2 aromatic carbocycles. The Balaban J connectivity index is 1.37. The average Bonchev–Trinajstić information content (AvgIpc) is 3.61. The molecule has 0 amide bonds. The van der Waals surface area contributed by atoms with Crippen LogP contribution in [0.15, 0.2) is 40.8 Å². The van der Waals surface area contributed by atoms with Crippen molar-refractivity contribution in [3.8, 4) is 51.6 Å². The molecule has 10 heteroatoms. The molecule has 0 radical (unpaired) electrons. The maximum absolute atomic E-state index is 5.75. The van der Waals surface area contributed by atoms with Crippen LogP contribution in [-0.2, 0) is 0 Å². The average molecular weight is 448 g/mol. The van der Waals surface area contributed by atoms with E-state index in [1.165, 1.54) is 0 Å². The monoisotopic (exact) mass is 448 g/mol. The Morgan fingerprint density at radius 1 is 0.879 bits per heavy atom. The number of nitrogens with zero attached hydrogens (tertiary/aromatic N) is 3. The summed E-state index contributed by atoms with van der Waals surface area (Å²) in [6.07, 6.45) is 3.58. The summed E-state index contributed by atoms with van der Waals surface area (Å²) in [5, 5.41) is 15.5. The van der Waals surface area contributed by atoms with Gasteiger partial charge in [0, 0.05) is 11.6 Å². The minimum Gasteiger partial charge on any atom is -0.493 e. The lowest BCUT2D eigenvalue weighted by Gasteiger charge is -2.13. The third kappa shape index (κ3) is 3.93. The number of aromatic amines is 1. The summed E-state index contributed by atoms with van der Waals surface area (Å²) < 4.78 is 32.7. The van der Waals surface area contributed by atoms with Gasteiger partial charge >= 0.3 is 0 Å². The van der Waals surface area contributed by atoms with Gasteiger partial charge in [0.25, 0.3) is 5.89 Å². The van der Waals surface area contributed by atoms with Crippen LogP contribution in [0.4, 0.5) is 0 Å². The molecule has 5 rings (SSSR count). The molecule has 3 heterocycles. The van der Waals surface area contributed by atoms with Gasteiger partial charge in [-0.2, -0.15) is 5.10 Å². The summed E-state index contributed by atoms with van der Waals surface area (Å²) >= 11 is 0. The Bertz CT molecular complexity index is 1300. The first-order valence-electron chi connectivity index (χ1n) is 9.96. The second-order valence-corrected chi connectivity index (χ2v) is 6.97. The summed E-state index contributed by atoms with van der Waals surface area (Å²) in [5.74, 6) is 3.68. The molecule has 0 saturated heterocycles. The van der Waals surface area contributed by atoms with Crippen molar-refractivity contribution in [1.82, 2.24) is 20.4 Å². The van der Waals surface area contributed by atoms with E-state index >= 15 is 0 Å². The third-order valence-corrected chi connectivity index (χ3v) is 5.02. The summed E-state index contributed by atoms with van der Waals surface area (Å²) in [7, 11) is 4.68. The molecule has 4 aromatic rings. The Morgan fingerprint density at radius 2 is 1.67 bits per heavy atom. The van der Waals surface area contributed by atoms with Gasteiger partial charge in [-0.25, -0.2) is 0 Å². The van der Waals surface area contributed by atoms with Crippen LogP contribution in [0.1, 0.15) is 11.5 Å². The Hall–Kier alpha value is -4.47. The van der Waals surface area contributed by atoms with Crippen molar-refractivity contribution in [3.63, 3.8) is 0 Å². The number of nitrogens with one attached hydrogen (secondary N) is 1. The fourth-order valence-electron chi connectivity index (χ4n) is 3.40. The SMILES string of the molecule is COc1cc(-c2cc(-c3nnc(/C=C/c4ccc5c(c4)OCO5)o3)[nH]n2)cc(OC)c1OC. The summed E-state index contributed by atoms with van der Waals surface area (Å²) in [6, 6.07) is 11.1. The van der Waals surface area contributed by atoms with E-state index in [2.05, 4.69) is 20.4 Å². The molecule has 1 aliphatic rings. The van der Waals surface area contributed by atoms with E-state index < -0.39 is 0 Å². The number of aromatic nitrogens is 4. The fourth-order valence-corrected chi connectivity index (χ4v) is 3.40. The van der Waals surface area contributed by atoms with Crippen LogP contribution >= 0.6 is 0 Å². The van der Waals surface area contributed by atoms with Crippen molar-refractivity contribution in [2.75, 3.05) is 28.1 Å². The van der Waals surface area contributed by atoms with Gasteiger partial charge in [-0.05, 0) is 42.0 Å². The number of fused-ring (bicyclic) bond motifs is 1. The predicted octanol–water partition coefficient (Wildman–Crippen LogP) is 4.05. The van der Waals surface area contributed by atoms with Gasteiger partial charge in [-0.1, -0.05) is 6.07 Å². The van der Waals surface area contributed by atoms with E-state index in [9.17, 15) is 0 Å². The van der Waals surface area contributed by atoms with Gasteiger partial charge in [0.1, 0.15) is 5.69 Å². The zero-order chi connectivity index (χ0) is 22.8. The lowest BCUT2D eigenvalue weighted by Crippen LogP contribution is -1.95. The highest BCUT2D eigenvalue weighted by molar-refractivity contribution is 5.71. The Kier molecular flexibility index (Phi) is 5.31. The van der Waals surface area contributed by atoms with Gasteiger partial charge in [0.15, 0.2) is 23.0 Å². The molecule has 0 fully saturated rings. The van der Waals surface area contributed by atoms with Crippen LogP contribution in [0, 0.1) is 0 Å². The largest absolute Gasteiger partial charge is 0.493 e. The number of H-pyrrole nitrogens is 1. The molecule has 0 aliphatic carbocycles. The summed E-state index contributed by atoms with van der Waals surface area (Å²) in [5.41, 5.74) is 2.92. The maximum atomic E-state index is 5.75. The van der Waals surface area contributed by atoms with Gasteiger partial charge in [-0.15, -0.1) is 10.2 Å². The smallest absolute Gasteiger partial charge is 0.266 e. The first-order chi connectivity index (χ1) is 16.2. The quantitative estimate of drug-likeness (QED) is 0.447. The molecule has 33 heavy (non-hydrogen) atoms. The Labute approximate surface area is 188 Å². The van der Waals surface area contributed by atoms with Gasteiger partial charge in [0.05, 0.1) is 27.0 Å².